The lowest BCUT2D eigenvalue weighted by molar-refractivity contribution is -0.138. The van der Waals surface area contributed by atoms with Gasteiger partial charge in [-0.1, -0.05) is 12.1 Å². The van der Waals surface area contributed by atoms with E-state index in [-0.39, 0.29) is 18.4 Å². The van der Waals surface area contributed by atoms with Gasteiger partial charge in [-0.3, -0.25) is 14.3 Å². The Morgan fingerprint density at radius 1 is 1.13 bits per heavy atom. The molecule has 1 aliphatic heterocycles. The van der Waals surface area contributed by atoms with E-state index in [1.54, 1.807) is 30.3 Å². The number of hydrogen-bond donors (Lipinski definition) is 2. The maximum Gasteiger partial charge on any atom is 0.317 e. The molecule has 2 aromatic heterocycles. The Morgan fingerprint density at radius 3 is 2.55 bits per heavy atom. The van der Waals surface area contributed by atoms with E-state index in [4.69, 9.17) is 14.8 Å². The first-order valence-electron chi connectivity index (χ1n) is 13.0. The number of benzene rings is 1. The van der Waals surface area contributed by atoms with Gasteiger partial charge in [-0.15, -0.1) is 0 Å². The van der Waals surface area contributed by atoms with Crippen molar-refractivity contribution in [3.63, 3.8) is 0 Å². The summed E-state index contributed by atoms with van der Waals surface area (Å²) in [6, 6.07) is 9.04. The Morgan fingerprint density at radius 2 is 1.84 bits per heavy atom. The molecule has 0 radical (unpaired) electrons. The van der Waals surface area contributed by atoms with Gasteiger partial charge < -0.3 is 20.1 Å². The number of imidazole rings is 1. The Hall–Kier alpha value is -3.38. The summed E-state index contributed by atoms with van der Waals surface area (Å²) in [4.78, 5) is 28.6. The molecule has 0 spiro atoms. The monoisotopic (exact) mass is 529 g/mol. The van der Waals surface area contributed by atoms with E-state index in [2.05, 4.69) is 20.2 Å². The molecule has 1 saturated carbocycles. The van der Waals surface area contributed by atoms with Crippen LogP contribution in [0.25, 0.3) is 16.9 Å². The number of nitrogens with zero attached hydrogens (tertiary/aromatic N) is 6. The number of para-hydroxylation sites is 2. The van der Waals surface area contributed by atoms with Crippen LogP contribution in [0.1, 0.15) is 37.9 Å². The largest absolute Gasteiger partial charge is 0.480 e. The average Bonchev–Trinajstić information content (AvgIpc) is 3.32. The molecule has 0 amide bonds. The fourth-order valence-corrected chi connectivity index (χ4v) is 5.37. The van der Waals surface area contributed by atoms with Crippen LogP contribution < -0.4 is 10.2 Å². The van der Waals surface area contributed by atoms with Crippen molar-refractivity contribution in [1.82, 2.24) is 24.4 Å². The molecule has 0 atom stereocenters. The number of halogens is 2. The number of carbonyl (C=O) groups is 1. The molecule has 0 bridgehead atoms. The summed E-state index contributed by atoms with van der Waals surface area (Å²) in [7, 11) is 1.86. The number of fused-ring (bicyclic) bond motifs is 1. The smallest absolute Gasteiger partial charge is 0.317 e. The van der Waals surface area contributed by atoms with Crippen LogP contribution in [0.15, 0.2) is 30.3 Å². The van der Waals surface area contributed by atoms with Gasteiger partial charge in [0.2, 0.25) is 5.95 Å². The van der Waals surface area contributed by atoms with Gasteiger partial charge in [0.05, 0.1) is 30.8 Å². The molecular weight excluding hydrogens is 496 g/mol. The molecule has 1 aliphatic carbocycles. The quantitative estimate of drug-likeness (QED) is 0.430. The molecule has 3 heterocycles. The molecule has 12 heteroatoms. The fraction of sp³-hybridized carbons (Fsp3) is 0.538. The van der Waals surface area contributed by atoms with Gasteiger partial charge in [0.25, 0.3) is 6.43 Å². The van der Waals surface area contributed by atoms with E-state index in [0.29, 0.717) is 67.4 Å². The van der Waals surface area contributed by atoms with Crippen LogP contribution in [-0.4, -0.2) is 88.0 Å². The molecule has 0 unspecified atom stereocenters. The first-order valence-corrected chi connectivity index (χ1v) is 13.0. The summed E-state index contributed by atoms with van der Waals surface area (Å²) in [5.74, 6) is 0.587. The van der Waals surface area contributed by atoms with E-state index in [1.807, 2.05) is 11.9 Å². The molecule has 5 rings (SSSR count). The highest BCUT2D eigenvalue weighted by atomic mass is 19.3. The Balaban J connectivity index is 1.38. The third-order valence-electron chi connectivity index (χ3n) is 7.42. The zero-order chi connectivity index (χ0) is 26.6. The van der Waals surface area contributed by atoms with Crippen molar-refractivity contribution in [3.8, 4) is 5.82 Å². The molecule has 10 nitrogen and oxygen atoms in total. The van der Waals surface area contributed by atoms with Gasteiger partial charge in [-0.05, 0) is 50.8 Å². The maximum absolute atomic E-state index is 14.1. The minimum atomic E-state index is -2.77. The number of aromatic nitrogens is 4. The first-order chi connectivity index (χ1) is 18.4. The number of nitrogens with one attached hydrogen (secondary N) is 1. The van der Waals surface area contributed by atoms with Crippen molar-refractivity contribution >= 4 is 28.8 Å². The van der Waals surface area contributed by atoms with Crippen molar-refractivity contribution in [1.29, 1.82) is 0 Å². The van der Waals surface area contributed by atoms with Crippen molar-refractivity contribution in [3.05, 3.63) is 36.2 Å². The van der Waals surface area contributed by atoms with Crippen molar-refractivity contribution in [2.45, 2.75) is 38.2 Å². The number of likely N-dealkylation sites (N-methyl/N-ethyl adjacent to an activating group) is 1. The first kappa shape index (κ1) is 26.2. The predicted octanol–water partition coefficient (Wildman–Crippen LogP) is 3.58. The fourth-order valence-electron chi connectivity index (χ4n) is 5.37. The SMILES string of the molecule is CN(CC(=O)O)[C@H]1CC[C@H](CNc2nc(N3CCOCC3)cc(-n3c(C(F)F)nc4ccccc43)n2)CC1. The minimum absolute atomic E-state index is 0.0437. The highest BCUT2D eigenvalue weighted by Crippen LogP contribution is 2.30. The van der Waals surface area contributed by atoms with Crippen LogP contribution in [0.3, 0.4) is 0 Å². The van der Waals surface area contributed by atoms with Gasteiger partial charge in [0.15, 0.2) is 5.82 Å². The number of carboxylic acids is 1. The lowest BCUT2D eigenvalue weighted by Gasteiger charge is -2.34. The Labute approximate surface area is 219 Å². The summed E-state index contributed by atoms with van der Waals surface area (Å²) >= 11 is 0. The number of hydrogen-bond acceptors (Lipinski definition) is 8. The zero-order valence-electron chi connectivity index (χ0n) is 21.4. The summed E-state index contributed by atoms with van der Waals surface area (Å²) in [6.07, 6.45) is 0.998. The van der Waals surface area contributed by atoms with Gasteiger partial charge in [0.1, 0.15) is 11.6 Å². The van der Waals surface area contributed by atoms with Gasteiger partial charge >= 0.3 is 5.97 Å². The third kappa shape index (κ3) is 5.86. The second-order valence-electron chi connectivity index (χ2n) is 9.97. The summed E-state index contributed by atoms with van der Waals surface area (Å²) < 4.78 is 35.0. The highest BCUT2D eigenvalue weighted by Gasteiger charge is 2.26. The number of anilines is 2. The maximum atomic E-state index is 14.1. The molecule has 1 aromatic carbocycles. The molecule has 2 fully saturated rings. The lowest BCUT2D eigenvalue weighted by atomic mass is 9.85. The third-order valence-corrected chi connectivity index (χ3v) is 7.42. The topological polar surface area (TPSA) is 109 Å². The van der Waals surface area contributed by atoms with Gasteiger partial charge in [0, 0.05) is 31.7 Å². The molecule has 204 valence electrons. The van der Waals surface area contributed by atoms with E-state index in [1.165, 1.54) is 4.57 Å². The van der Waals surface area contributed by atoms with Crippen LogP contribution in [0.5, 0.6) is 0 Å². The number of morpholine rings is 1. The van der Waals surface area contributed by atoms with E-state index in [0.717, 1.165) is 25.7 Å². The van der Waals surface area contributed by atoms with E-state index in [9.17, 15) is 13.6 Å². The van der Waals surface area contributed by atoms with Crippen LogP contribution in [-0.2, 0) is 9.53 Å². The molecule has 1 saturated heterocycles. The summed E-state index contributed by atoms with van der Waals surface area (Å²) in [5, 5.41) is 12.4. The number of aliphatic carboxylic acids is 1. The number of rotatable bonds is 9. The Bertz CT molecular complexity index is 1260. The van der Waals surface area contributed by atoms with Crippen molar-refractivity contribution in [2.75, 3.05) is 56.7 Å². The van der Waals surface area contributed by atoms with Crippen molar-refractivity contribution in [2.24, 2.45) is 5.92 Å². The number of ether oxygens (including phenoxy) is 1. The molecule has 2 N–H and O–H groups in total. The molecular formula is C26H33F2N7O3. The van der Waals surface area contributed by atoms with Crippen LogP contribution in [0, 0.1) is 5.92 Å². The molecule has 2 aliphatic rings. The summed E-state index contributed by atoms with van der Waals surface area (Å²) in [5.41, 5.74) is 1.04. The van der Waals surface area contributed by atoms with Crippen LogP contribution >= 0.6 is 0 Å². The van der Waals surface area contributed by atoms with E-state index < -0.39 is 12.4 Å². The molecule has 3 aromatic rings. The normalized spacial score (nSPS) is 20.4. The lowest BCUT2D eigenvalue weighted by Crippen LogP contribution is -2.39. The number of alkyl halides is 2. The van der Waals surface area contributed by atoms with Crippen LogP contribution in [0.2, 0.25) is 0 Å². The van der Waals surface area contributed by atoms with Gasteiger partial charge in [-0.2, -0.15) is 9.97 Å². The van der Waals surface area contributed by atoms with Crippen molar-refractivity contribution < 1.29 is 23.4 Å². The standard InChI is InChI=1S/C26H33F2N7O3/c1-33(16-23(36)37)18-8-6-17(7-9-18)15-29-26-31-21(34-10-12-38-13-11-34)14-22(32-26)35-20-5-3-2-4-19(20)30-25(35)24(27)28/h2-5,14,17-18,24H,6-13,15-16H2,1H3,(H,36,37)(H,29,31,32)/t17-,18-. The minimum Gasteiger partial charge on any atom is -0.480 e. The predicted molar refractivity (Wildman–Crippen MR) is 139 cm³/mol. The Kier molecular flexibility index (Phi) is 7.98. The molecule has 38 heavy (non-hydrogen) atoms. The van der Waals surface area contributed by atoms with Gasteiger partial charge in [-0.25, -0.2) is 13.8 Å². The van der Waals surface area contributed by atoms with Crippen LogP contribution in [0.4, 0.5) is 20.5 Å². The number of carboxylic acid groups (broad SMARTS) is 1. The highest BCUT2D eigenvalue weighted by molar-refractivity contribution is 5.78. The second kappa shape index (κ2) is 11.6. The van der Waals surface area contributed by atoms with E-state index >= 15 is 0 Å². The summed E-state index contributed by atoms with van der Waals surface area (Å²) in [6.45, 7) is 3.12. The second-order valence-corrected chi connectivity index (χ2v) is 9.97. The zero-order valence-corrected chi connectivity index (χ0v) is 21.4. The average molecular weight is 530 g/mol.